The number of carbonyl (C=O) groups is 2. The lowest BCUT2D eigenvalue weighted by Crippen LogP contribution is -2.60. The molecule has 0 bridgehead atoms. The molecule has 13 heteroatoms. The molecule has 0 aliphatic carbocycles. The molecule has 1 heterocycles. The SMILES string of the molecule is CCCCC/C=C\CCCCCCCC(=O)OCC(COC1OC(CS(=O)(=O)O)C(O)C(O)C1O)OC(=O)CCCCCCCCCCC/C=C\C/C=C\CCCCCCC. The molecule has 0 amide bonds. The Kier molecular flexibility index (Phi) is 35.8. The van der Waals surface area contributed by atoms with E-state index in [1.807, 2.05) is 0 Å². The van der Waals surface area contributed by atoms with Gasteiger partial charge < -0.3 is 34.3 Å². The Balaban J connectivity index is 2.39. The first kappa shape index (κ1) is 56.9. The van der Waals surface area contributed by atoms with Crippen LogP contribution in [0, 0.1) is 0 Å². The summed E-state index contributed by atoms with van der Waals surface area (Å²) >= 11 is 0. The van der Waals surface area contributed by atoms with E-state index >= 15 is 0 Å². The molecule has 61 heavy (non-hydrogen) atoms. The molecule has 1 aliphatic rings. The van der Waals surface area contributed by atoms with E-state index in [2.05, 4.69) is 50.3 Å². The minimum atomic E-state index is -4.60. The summed E-state index contributed by atoms with van der Waals surface area (Å²) in [6, 6.07) is 0. The van der Waals surface area contributed by atoms with Crippen molar-refractivity contribution < 1.29 is 56.8 Å². The van der Waals surface area contributed by atoms with E-state index in [0.717, 1.165) is 77.0 Å². The second-order valence-corrected chi connectivity index (χ2v) is 18.3. The highest BCUT2D eigenvalue weighted by Crippen LogP contribution is 2.24. The van der Waals surface area contributed by atoms with Gasteiger partial charge in [-0.3, -0.25) is 14.1 Å². The molecule has 6 atom stereocenters. The number of allylic oxidation sites excluding steroid dienone is 6. The van der Waals surface area contributed by atoms with Gasteiger partial charge in [0.2, 0.25) is 0 Å². The van der Waals surface area contributed by atoms with E-state index in [1.165, 1.54) is 83.5 Å². The molecule has 0 aromatic heterocycles. The first-order valence-electron chi connectivity index (χ1n) is 24.0. The van der Waals surface area contributed by atoms with Crippen LogP contribution in [0.25, 0.3) is 0 Å². The summed E-state index contributed by atoms with van der Waals surface area (Å²) in [6.07, 6.45) is 34.7. The van der Waals surface area contributed by atoms with Crippen molar-refractivity contribution in [2.24, 2.45) is 0 Å². The van der Waals surface area contributed by atoms with Gasteiger partial charge in [-0.05, 0) is 70.6 Å². The second-order valence-electron chi connectivity index (χ2n) is 16.8. The number of ether oxygens (including phenoxy) is 4. The van der Waals surface area contributed by atoms with Crippen molar-refractivity contribution in [2.75, 3.05) is 19.0 Å². The van der Waals surface area contributed by atoms with Gasteiger partial charge >= 0.3 is 11.9 Å². The summed E-state index contributed by atoms with van der Waals surface area (Å²) in [5, 5.41) is 30.9. The Morgan fingerprint density at radius 1 is 0.557 bits per heavy atom. The van der Waals surface area contributed by atoms with E-state index in [0.29, 0.717) is 12.8 Å². The summed E-state index contributed by atoms with van der Waals surface area (Å²) in [5.41, 5.74) is 0. The molecule has 0 saturated carbocycles. The van der Waals surface area contributed by atoms with E-state index in [9.17, 15) is 37.9 Å². The Morgan fingerprint density at radius 3 is 1.49 bits per heavy atom. The summed E-state index contributed by atoms with van der Waals surface area (Å²) in [5.74, 6) is -2.00. The quantitative estimate of drug-likeness (QED) is 0.0198. The van der Waals surface area contributed by atoms with E-state index < -0.39 is 71.2 Å². The minimum absolute atomic E-state index is 0.158. The predicted octanol–water partition coefficient (Wildman–Crippen LogP) is 10.2. The van der Waals surface area contributed by atoms with Gasteiger partial charge in [-0.1, -0.05) is 153 Å². The third-order valence-corrected chi connectivity index (χ3v) is 11.7. The van der Waals surface area contributed by atoms with Crippen LogP contribution in [-0.4, -0.2) is 96.0 Å². The maximum absolute atomic E-state index is 12.8. The molecule has 1 rings (SSSR count). The van der Waals surface area contributed by atoms with Crippen LogP contribution in [0.2, 0.25) is 0 Å². The zero-order valence-electron chi connectivity index (χ0n) is 38.0. The van der Waals surface area contributed by atoms with Gasteiger partial charge in [-0.25, -0.2) is 0 Å². The minimum Gasteiger partial charge on any atom is -0.462 e. The zero-order chi connectivity index (χ0) is 44.8. The van der Waals surface area contributed by atoms with Gasteiger partial charge in [0, 0.05) is 12.8 Å². The number of aliphatic hydroxyl groups excluding tert-OH is 3. The Labute approximate surface area is 370 Å². The largest absolute Gasteiger partial charge is 0.462 e. The van der Waals surface area contributed by atoms with Crippen LogP contribution in [0.1, 0.15) is 200 Å². The van der Waals surface area contributed by atoms with Crippen molar-refractivity contribution in [1.29, 1.82) is 0 Å². The molecule has 0 aromatic carbocycles. The number of aliphatic hydroxyl groups is 3. The number of carbonyl (C=O) groups excluding carboxylic acids is 2. The monoisotopic (exact) mass is 887 g/mol. The smallest absolute Gasteiger partial charge is 0.306 e. The third-order valence-electron chi connectivity index (χ3n) is 10.9. The Bertz CT molecular complexity index is 1270. The van der Waals surface area contributed by atoms with Crippen molar-refractivity contribution in [1.82, 2.24) is 0 Å². The molecule has 0 radical (unpaired) electrons. The molecule has 1 aliphatic heterocycles. The molecule has 12 nitrogen and oxygen atoms in total. The van der Waals surface area contributed by atoms with Crippen LogP contribution in [0.4, 0.5) is 0 Å². The lowest BCUT2D eigenvalue weighted by molar-refractivity contribution is -0.297. The summed E-state index contributed by atoms with van der Waals surface area (Å²) in [4.78, 5) is 25.4. The zero-order valence-corrected chi connectivity index (χ0v) is 38.8. The summed E-state index contributed by atoms with van der Waals surface area (Å²) in [6.45, 7) is 3.72. The highest BCUT2D eigenvalue weighted by Gasteiger charge is 2.46. The second kappa shape index (κ2) is 38.3. The van der Waals surface area contributed by atoms with Gasteiger partial charge in [0.15, 0.2) is 12.4 Å². The lowest BCUT2D eigenvalue weighted by atomic mass is 10.00. The normalized spacial score (nSPS) is 20.3. The van der Waals surface area contributed by atoms with Crippen LogP contribution in [0.5, 0.6) is 0 Å². The summed E-state index contributed by atoms with van der Waals surface area (Å²) < 4.78 is 54.1. The molecule has 0 spiro atoms. The van der Waals surface area contributed by atoms with Gasteiger partial charge in [0.1, 0.15) is 36.8 Å². The van der Waals surface area contributed by atoms with Gasteiger partial charge in [-0.15, -0.1) is 0 Å². The molecule has 1 fully saturated rings. The van der Waals surface area contributed by atoms with E-state index in [-0.39, 0.29) is 19.4 Å². The molecular formula is C48H86O12S. The standard InChI is InChI=1S/C48H86O12S/c1-3-5-7-9-11-13-15-17-18-19-20-21-22-23-24-25-27-29-31-33-35-37-44(50)59-41(39-58-48-47(53)46(52)45(51)42(60-48)40-61(54,55)56)38-57-43(49)36-34-32-30-28-26-16-14-12-10-8-6-4-2/h12,14-15,17,19-20,41-42,45-48,51-53H,3-11,13,16,18,21-40H2,1-2H3,(H,54,55,56)/b14-12-,17-15-,20-19-. The molecular weight excluding hydrogens is 801 g/mol. The molecule has 356 valence electrons. The van der Waals surface area contributed by atoms with Gasteiger partial charge in [-0.2, -0.15) is 8.42 Å². The maximum atomic E-state index is 12.8. The lowest BCUT2D eigenvalue weighted by Gasteiger charge is -2.40. The average molecular weight is 887 g/mol. The van der Waals surface area contributed by atoms with Crippen molar-refractivity contribution >= 4 is 22.1 Å². The van der Waals surface area contributed by atoms with Gasteiger partial charge in [0.05, 0.1) is 6.61 Å². The molecule has 6 unspecified atom stereocenters. The van der Waals surface area contributed by atoms with Gasteiger partial charge in [0.25, 0.3) is 10.1 Å². The number of hydrogen-bond acceptors (Lipinski definition) is 11. The number of unbranched alkanes of at least 4 members (excludes halogenated alkanes) is 22. The highest BCUT2D eigenvalue weighted by atomic mass is 32.2. The number of esters is 2. The van der Waals surface area contributed by atoms with Crippen molar-refractivity contribution in [2.45, 2.75) is 237 Å². The van der Waals surface area contributed by atoms with Crippen LogP contribution in [0.3, 0.4) is 0 Å². The van der Waals surface area contributed by atoms with Crippen molar-refractivity contribution in [3.05, 3.63) is 36.5 Å². The third kappa shape index (κ3) is 33.1. The topological polar surface area (TPSA) is 186 Å². The number of hydrogen-bond donors (Lipinski definition) is 4. The van der Waals surface area contributed by atoms with Crippen molar-refractivity contribution in [3.63, 3.8) is 0 Å². The average Bonchev–Trinajstić information content (AvgIpc) is 3.22. The Morgan fingerprint density at radius 2 is 0.984 bits per heavy atom. The van der Waals surface area contributed by atoms with E-state index in [4.69, 9.17) is 18.9 Å². The van der Waals surface area contributed by atoms with Crippen LogP contribution < -0.4 is 0 Å². The number of rotatable bonds is 40. The van der Waals surface area contributed by atoms with Crippen LogP contribution >= 0.6 is 0 Å². The first-order chi connectivity index (χ1) is 29.5. The summed E-state index contributed by atoms with van der Waals surface area (Å²) in [7, 11) is -4.60. The van der Waals surface area contributed by atoms with Crippen molar-refractivity contribution in [3.8, 4) is 0 Å². The highest BCUT2D eigenvalue weighted by molar-refractivity contribution is 7.85. The fourth-order valence-electron chi connectivity index (χ4n) is 7.17. The molecule has 4 N–H and O–H groups in total. The first-order valence-corrected chi connectivity index (χ1v) is 25.7. The maximum Gasteiger partial charge on any atom is 0.306 e. The molecule has 1 saturated heterocycles. The predicted molar refractivity (Wildman–Crippen MR) is 243 cm³/mol. The Hall–Kier alpha value is -2.13. The fourth-order valence-corrected chi connectivity index (χ4v) is 7.86. The fraction of sp³-hybridized carbons (Fsp3) is 0.833. The molecule has 0 aromatic rings. The van der Waals surface area contributed by atoms with Crippen LogP contribution in [-0.2, 0) is 38.7 Å². The van der Waals surface area contributed by atoms with Crippen LogP contribution in [0.15, 0.2) is 36.5 Å². The van der Waals surface area contributed by atoms with E-state index in [1.54, 1.807) is 0 Å².